The Balaban J connectivity index is 3.19. The third-order valence-electron chi connectivity index (χ3n) is 2.65. The van der Waals surface area contributed by atoms with Crippen LogP contribution in [0.2, 0.25) is 0 Å². The molecule has 0 saturated heterocycles. The van der Waals surface area contributed by atoms with Crippen molar-refractivity contribution in [3.63, 3.8) is 0 Å². The number of hydrogen-bond acceptors (Lipinski definition) is 2. The fraction of sp³-hybridized carbons (Fsp3) is 0.786. The van der Waals surface area contributed by atoms with Crippen LogP contribution < -0.4 is 4.90 Å². The molecule has 0 rings (SSSR count). The minimum absolute atomic E-state index is 0.0441. The molecule has 1 N–H and O–H groups in total. The molecular formula is C14H28NO2+. The number of carbonyl (C=O) groups is 1. The predicted molar refractivity (Wildman–Crippen MR) is 71.2 cm³/mol. The van der Waals surface area contributed by atoms with E-state index in [0.717, 1.165) is 25.8 Å². The maximum Gasteiger partial charge on any atom is 0.305 e. The van der Waals surface area contributed by atoms with Gasteiger partial charge in [-0.15, -0.1) is 6.58 Å². The van der Waals surface area contributed by atoms with E-state index in [1.807, 2.05) is 6.08 Å². The Morgan fingerprint density at radius 3 is 2.47 bits per heavy atom. The van der Waals surface area contributed by atoms with Gasteiger partial charge in [-0.3, -0.25) is 4.79 Å². The topological polar surface area (TPSA) is 30.7 Å². The van der Waals surface area contributed by atoms with Crippen LogP contribution in [0.1, 0.15) is 44.9 Å². The third-order valence-corrected chi connectivity index (χ3v) is 2.65. The Bertz CT molecular complexity index is 202. The van der Waals surface area contributed by atoms with Crippen LogP contribution in [-0.4, -0.2) is 33.2 Å². The summed E-state index contributed by atoms with van der Waals surface area (Å²) in [5.41, 5.74) is 0. The number of allylic oxidation sites excluding steroid dienone is 1. The number of rotatable bonds is 11. The van der Waals surface area contributed by atoms with Crippen molar-refractivity contribution in [1.29, 1.82) is 0 Å². The first-order valence-corrected chi connectivity index (χ1v) is 6.72. The predicted octanol–water partition coefficient (Wildman–Crippen LogP) is 1.59. The van der Waals surface area contributed by atoms with Gasteiger partial charge >= 0.3 is 5.97 Å². The van der Waals surface area contributed by atoms with E-state index >= 15 is 0 Å². The van der Waals surface area contributed by atoms with Crippen LogP contribution in [0.25, 0.3) is 0 Å². The highest BCUT2D eigenvalue weighted by atomic mass is 16.5. The Morgan fingerprint density at radius 1 is 1.18 bits per heavy atom. The van der Waals surface area contributed by atoms with Gasteiger partial charge in [0.1, 0.15) is 13.2 Å². The van der Waals surface area contributed by atoms with Crippen molar-refractivity contribution in [3.05, 3.63) is 12.7 Å². The molecule has 100 valence electrons. The summed E-state index contributed by atoms with van der Waals surface area (Å²) in [6, 6.07) is 0. The van der Waals surface area contributed by atoms with Crippen molar-refractivity contribution in [3.8, 4) is 0 Å². The summed E-state index contributed by atoms with van der Waals surface area (Å²) >= 11 is 0. The summed E-state index contributed by atoms with van der Waals surface area (Å²) in [4.78, 5) is 12.6. The van der Waals surface area contributed by atoms with Gasteiger partial charge in [0.25, 0.3) is 0 Å². The zero-order valence-electron chi connectivity index (χ0n) is 11.5. The molecule has 3 heteroatoms. The molecule has 0 fully saturated rings. The number of unbranched alkanes of at least 4 members (excludes halogenated alkanes) is 5. The summed E-state index contributed by atoms with van der Waals surface area (Å²) in [5, 5.41) is 0. The van der Waals surface area contributed by atoms with Gasteiger partial charge in [0.05, 0.1) is 14.1 Å². The van der Waals surface area contributed by atoms with Crippen LogP contribution in [0.5, 0.6) is 0 Å². The van der Waals surface area contributed by atoms with Crippen molar-refractivity contribution in [2.75, 3.05) is 27.2 Å². The molecule has 0 heterocycles. The third kappa shape index (κ3) is 13.1. The standard InChI is InChI=1S/C14H27NO2/c1-4-5-6-7-8-9-10-11-14(16)17-13-12-15(2)3/h4H,1,5-13H2,2-3H3/p+1. The lowest BCUT2D eigenvalue weighted by Crippen LogP contribution is -3.06. The second-order valence-corrected chi connectivity index (χ2v) is 4.77. The average molecular weight is 242 g/mol. The normalized spacial score (nSPS) is 10.5. The summed E-state index contributed by atoms with van der Waals surface area (Å²) in [5.74, 6) is -0.0441. The second-order valence-electron chi connectivity index (χ2n) is 4.77. The Kier molecular flexibility index (Phi) is 11.1. The average Bonchev–Trinajstić information content (AvgIpc) is 2.27. The van der Waals surface area contributed by atoms with E-state index in [0.29, 0.717) is 13.0 Å². The zero-order valence-corrected chi connectivity index (χ0v) is 11.5. The molecule has 0 aliphatic heterocycles. The maximum absolute atomic E-state index is 11.3. The Morgan fingerprint density at radius 2 is 1.82 bits per heavy atom. The van der Waals surface area contributed by atoms with E-state index in [2.05, 4.69) is 20.7 Å². The van der Waals surface area contributed by atoms with Gasteiger partial charge in [0.2, 0.25) is 0 Å². The van der Waals surface area contributed by atoms with Gasteiger partial charge in [-0.05, 0) is 19.3 Å². The minimum atomic E-state index is -0.0441. The van der Waals surface area contributed by atoms with E-state index < -0.39 is 0 Å². The first-order valence-electron chi connectivity index (χ1n) is 6.72. The molecule has 0 aromatic rings. The molecule has 0 saturated carbocycles. The fourth-order valence-corrected chi connectivity index (χ4v) is 1.53. The van der Waals surface area contributed by atoms with Gasteiger partial charge in [0, 0.05) is 6.42 Å². The number of nitrogens with one attached hydrogen (secondary N) is 1. The van der Waals surface area contributed by atoms with Crippen molar-refractivity contribution in [2.45, 2.75) is 44.9 Å². The summed E-state index contributed by atoms with van der Waals surface area (Å²) in [6.07, 6.45) is 9.41. The molecule has 0 atom stereocenters. The fourth-order valence-electron chi connectivity index (χ4n) is 1.53. The Labute approximate surface area is 106 Å². The van der Waals surface area contributed by atoms with E-state index in [9.17, 15) is 4.79 Å². The molecule has 0 spiro atoms. The molecule has 0 amide bonds. The molecule has 0 aliphatic rings. The number of hydrogen-bond donors (Lipinski definition) is 1. The monoisotopic (exact) mass is 242 g/mol. The first kappa shape index (κ1) is 16.2. The van der Waals surface area contributed by atoms with Crippen LogP contribution in [0.4, 0.5) is 0 Å². The maximum atomic E-state index is 11.3. The van der Waals surface area contributed by atoms with Gasteiger partial charge in [-0.2, -0.15) is 0 Å². The van der Waals surface area contributed by atoms with E-state index in [1.165, 1.54) is 24.2 Å². The van der Waals surface area contributed by atoms with Crippen LogP contribution in [-0.2, 0) is 9.53 Å². The molecule has 0 aliphatic carbocycles. The molecule has 17 heavy (non-hydrogen) atoms. The van der Waals surface area contributed by atoms with Gasteiger partial charge in [-0.25, -0.2) is 0 Å². The number of quaternary nitrogens is 1. The lowest BCUT2D eigenvalue weighted by molar-refractivity contribution is -0.858. The van der Waals surface area contributed by atoms with E-state index in [-0.39, 0.29) is 5.97 Å². The van der Waals surface area contributed by atoms with E-state index in [4.69, 9.17) is 4.74 Å². The van der Waals surface area contributed by atoms with Crippen molar-refractivity contribution in [1.82, 2.24) is 0 Å². The summed E-state index contributed by atoms with van der Waals surface area (Å²) in [7, 11) is 4.11. The number of carbonyl (C=O) groups excluding carboxylic acids is 1. The SMILES string of the molecule is C=CCCCCCCCC(=O)OCC[NH+](C)C. The number of likely N-dealkylation sites (N-methyl/N-ethyl adjacent to an activating group) is 1. The molecular weight excluding hydrogens is 214 g/mol. The van der Waals surface area contributed by atoms with Crippen LogP contribution in [0.15, 0.2) is 12.7 Å². The van der Waals surface area contributed by atoms with Crippen LogP contribution in [0, 0.1) is 0 Å². The first-order chi connectivity index (χ1) is 8.16. The van der Waals surface area contributed by atoms with Gasteiger partial charge in [-0.1, -0.05) is 25.3 Å². The van der Waals surface area contributed by atoms with E-state index in [1.54, 1.807) is 0 Å². The molecule has 0 unspecified atom stereocenters. The van der Waals surface area contributed by atoms with Crippen molar-refractivity contribution < 1.29 is 14.4 Å². The molecule has 0 aromatic heterocycles. The van der Waals surface area contributed by atoms with Gasteiger partial charge < -0.3 is 9.64 Å². The van der Waals surface area contributed by atoms with Crippen molar-refractivity contribution >= 4 is 5.97 Å². The molecule has 3 nitrogen and oxygen atoms in total. The molecule has 0 radical (unpaired) electrons. The number of esters is 1. The summed E-state index contributed by atoms with van der Waals surface area (Å²) in [6.45, 7) is 5.12. The van der Waals surface area contributed by atoms with Crippen LogP contribution >= 0.6 is 0 Å². The van der Waals surface area contributed by atoms with Crippen molar-refractivity contribution in [2.24, 2.45) is 0 Å². The highest BCUT2D eigenvalue weighted by molar-refractivity contribution is 5.69. The van der Waals surface area contributed by atoms with Gasteiger partial charge in [0.15, 0.2) is 0 Å². The lowest BCUT2D eigenvalue weighted by atomic mass is 10.1. The highest BCUT2D eigenvalue weighted by Gasteiger charge is 2.03. The quantitative estimate of drug-likeness (QED) is 0.339. The second kappa shape index (κ2) is 11.6. The lowest BCUT2D eigenvalue weighted by Gasteiger charge is -2.07. The largest absolute Gasteiger partial charge is 0.460 e. The zero-order chi connectivity index (χ0) is 12.9. The number of ether oxygens (including phenoxy) is 1. The van der Waals surface area contributed by atoms with Crippen LogP contribution in [0.3, 0.4) is 0 Å². The smallest absolute Gasteiger partial charge is 0.305 e. The summed E-state index contributed by atoms with van der Waals surface area (Å²) < 4.78 is 5.12. The highest BCUT2D eigenvalue weighted by Crippen LogP contribution is 2.07. The Hall–Kier alpha value is -0.830. The minimum Gasteiger partial charge on any atom is -0.460 e. The molecule has 0 aromatic carbocycles. The molecule has 0 bridgehead atoms.